The molecule has 1 aliphatic rings. The molecule has 1 aliphatic heterocycles. The van der Waals surface area contributed by atoms with Gasteiger partial charge in [0.2, 0.25) is 5.78 Å². The minimum Gasteiger partial charge on any atom is -0.312 e. The highest BCUT2D eigenvalue weighted by Gasteiger charge is 2.22. The van der Waals surface area contributed by atoms with Crippen LogP contribution < -0.4 is 5.32 Å². The number of nitrogens with zero attached hydrogens (tertiary/aromatic N) is 4. The molecular formula is C11H10FN5O. The van der Waals surface area contributed by atoms with Crippen molar-refractivity contribution >= 4 is 5.78 Å². The standard InChI is InChI=1S/C11H10FN5O/c12-8-1-7(2-13-3-8)11(18)10-6-17(16-15-10)9-4-14-5-9/h1-3,6,9,14H,4-5H2. The Bertz CT molecular complexity index is 593. The lowest BCUT2D eigenvalue weighted by molar-refractivity contribution is 0.103. The zero-order valence-electron chi connectivity index (χ0n) is 9.38. The second kappa shape index (κ2) is 4.26. The van der Waals surface area contributed by atoms with Crippen LogP contribution in [0.4, 0.5) is 4.39 Å². The smallest absolute Gasteiger partial charge is 0.216 e. The zero-order chi connectivity index (χ0) is 12.5. The van der Waals surface area contributed by atoms with Crippen LogP contribution in [-0.4, -0.2) is 38.9 Å². The van der Waals surface area contributed by atoms with E-state index in [1.807, 2.05) is 0 Å². The molecule has 18 heavy (non-hydrogen) atoms. The summed E-state index contributed by atoms with van der Waals surface area (Å²) >= 11 is 0. The summed E-state index contributed by atoms with van der Waals surface area (Å²) in [6.45, 7) is 1.64. The Hall–Kier alpha value is -2.15. The van der Waals surface area contributed by atoms with Crippen molar-refractivity contribution in [1.29, 1.82) is 0 Å². The first-order chi connectivity index (χ1) is 8.74. The fourth-order valence-corrected chi connectivity index (χ4v) is 1.70. The Morgan fingerprint density at radius 1 is 1.44 bits per heavy atom. The quantitative estimate of drug-likeness (QED) is 0.784. The van der Waals surface area contributed by atoms with Gasteiger partial charge in [-0.1, -0.05) is 5.21 Å². The van der Waals surface area contributed by atoms with Crippen LogP contribution in [0.3, 0.4) is 0 Å². The first-order valence-electron chi connectivity index (χ1n) is 5.52. The van der Waals surface area contributed by atoms with Gasteiger partial charge in [0, 0.05) is 24.8 Å². The molecule has 0 amide bonds. The van der Waals surface area contributed by atoms with Gasteiger partial charge < -0.3 is 5.32 Å². The summed E-state index contributed by atoms with van der Waals surface area (Å²) in [7, 11) is 0. The summed E-state index contributed by atoms with van der Waals surface area (Å²) in [5.74, 6) is -0.919. The lowest BCUT2D eigenvalue weighted by Gasteiger charge is -2.26. The van der Waals surface area contributed by atoms with Crippen molar-refractivity contribution in [3.8, 4) is 0 Å². The maximum atomic E-state index is 13.0. The summed E-state index contributed by atoms with van der Waals surface area (Å²) in [6, 6.07) is 1.38. The molecule has 3 rings (SSSR count). The third kappa shape index (κ3) is 1.88. The van der Waals surface area contributed by atoms with E-state index in [4.69, 9.17) is 0 Å². The van der Waals surface area contributed by atoms with E-state index in [0.29, 0.717) is 0 Å². The van der Waals surface area contributed by atoms with Crippen molar-refractivity contribution in [2.24, 2.45) is 0 Å². The maximum Gasteiger partial charge on any atom is 0.216 e. The normalized spacial score (nSPS) is 15.4. The predicted octanol–water partition coefficient (Wildman–Crippen LogP) is 0.187. The highest BCUT2D eigenvalue weighted by molar-refractivity contribution is 6.07. The number of ketones is 1. The Morgan fingerprint density at radius 3 is 2.94 bits per heavy atom. The van der Waals surface area contributed by atoms with E-state index in [1.165, 1.54) is 6.20 Å². The Labute approximate surface area is 102 Å². The van der Waals surface area contributed by atoms with E-state index in [1.54, 1.807) is 10.9 Å². The maximum absolute atomic E-state index is 13.0. The van der Waals surface area contributed by atoms with Crippen LogP contribution in [0.1, 0.15) is 22.1 Å². The molecule has 1 fully saturated rings. The number of aromatic nitrogens is 4. The van der Waals surface area contributed by atoms with E-state index in [0.717, 1.165) is 25.4 Å². The SMILES string of the molecule is O=C(c1cncc(F)c1)c1cn(C2CNC2)nn1. The third-order valence-corrected chi connectivity index (χ3v) is 2.84. The second-order valence-electron chi connectivity index (χ2n) is 4.12. The van der Waals surface area contributed by atoms with Gasteiger partial charge in [0.25, 0.3) is 0 Å². The highest BCUT2D eigenvalue weighted by atomic mass is 19.1. The van der Waals surface area contributed by atoms with E-state index in [-0.39, 0.29) is 23.1 Å². The number of carbonyl (C=O) groups excluding carboxylic acids is 1. The minimum absolute atomic E-state index is 0.175. The molecule has 2 aromatic rings. The van der Waals surface area contributed by atoms with Gasteiger partial charge in [-0.25, -0.2) is 9.07 Å². The van der Waals surface area contributed by atoms with Gasteiger partial charge >= 0.3 is 0 Å². The van der Waals surface area contributed by atoms with Crippen molar-refractivity contribution in [2.75, 3.05) is 13.1 Å². The molecule has 0 aliphatic carbocycles. The first-order valence-corrected chi connectivity index (χ1v) is 5.52. The van der Waals surface area contributed by atoms with E-state index < -0.39 is 5.82 Å². The molecule has 3 heterocycles. The molecule has 0 spiro atoms. The fraction of sp³-hybridized carbons (Fsp3) is 0.273. The summed E-state index contributed by atoms with van der Waals surface area (Å²) in [5, 5.41) is 10.8. The van der Waals surface area contributed by atoms with Crippen molar-refractivity contribution in [3.05, 3.63) is 41.7 Å². The lowest BCUT2D eigenvalue weighted by atomic mass is 10.1. The molecule has 0 atom stereocenters. The van der Waals surface area contributed by atoms with Gasteiger partial charge in [-0.15, -0.1) is 5.10 Å². The number of carbonyl (C=O) groups is 1. The van der Waals surface area contributed by atoms with Crippen LogP contribution in [0.25, 0.3) is 0 Å². The third-order valence-electron chi connectivity index (χ3n) is 2.84. The van der Waals surface area contributed by atoms with E-state index in [9.17, 15) is 9.18 Å². The van der Waals surface area contributed by atoms with Crippen LogP contribution in [0.15, 0.2) is 24.7 Å². The number of pyridine rings is 1. The molecule has 1 N–H and O–H groups in total. The summed E-state index contributed by atoms with van der Waals surface area (Å²) in [4.78, 5) is 15.6. The van der Waals surface area contributed by atoms with Crippen molar-refractivity contribution in [1.82, 2.24) is 25.3 Å². The van der Waals surface area contributed by atoms with E-state index in [2.05, 4.69) is 20.6 Å². The zero-order valence-corrected chi connectivity index (χ0v) is 9.38. The molecule has 2 aromatic heterocycles. The van der Waals surface area contributed by atoms with Crippen LogP contribution in [-0.2, 0) is 0 Å². The number of nitrogens with one attached hydrogen (secondary N) is 1. The summed E-state index contributed by atoms with van der Waals surface area (Å²) in [5.41, 5.74) is 0.378. The topological polar surface area (TPSA) is 72.7 Å². The number of hydrogen-bond acceptors (Lipinski definition) is 5. The van der Waals surface area contributed by atoms with Gasteiger partial charge in [0.05, 0.1) is 18.4 Å². The highest BCUT2D eigenvalue weighted by Crippen LogP contribution is 2.12. The molecular weight excluding hydrogens is 237 g/mol. The average molecular weight is 247 g/mol. The average Bonchev–Trinajstić information content (AvgIpc) is 2.75. The summed E-state index contributed by atoms with van der Waals surface area (Å²) in [6.07, 6.45) is 3.95. The predicted molar refractivity (Wildman–Crippen MR) is 59.6 cm³/mol. The molecule has 0 radical (unpaired) electrons. The monoisotopic (exact) mass is 247 g/mol. The molecule has 7 heteroatoms. The molecule has 0 aromatic carbocycles. The molecule has 1 saturated heterocycles. The Kier molecular flexibility index (Phi) is 2.60. The fourth-order valence-electron chi connectivity index (χ4n) is 1.70. The number of rotatable bonds is 3. The number of hydrogen-bond donors (Lipinski definition) is 1. The van der Waals surface area contributed by atoms with Crippen molar-refractivity contribution in [2.45, 2.75) is 6.04 Å². The van der Waals surface area contributed by atoms with Gasteiger partial charge in [-0.05, 0) is 6.07 Å². The van der Waals surface area contributed by atoms with Crippen molar-refractivity contribution in [3.63, 3.8) is 0 Å². The Morgan fingerprint density at radius 2 is 2.28 bits per heavy atom. The van der Waals surface area contributed by atoms with Crippen LogP contribution in [0.5, 0.6) is 0 Å². The molecule has 6 nitrogen and oxygen atoms in total. The summed E-state index contributed by atoms with van der Waals surface area (Å²) < 4.78 is 14.6. The van der Waals surface area contributed by atoms with E-state index >= 15 is 0 Å². The second-order valence-corrected chi connectivity index (χ2v) is 4.12. The molecule has 0 saturated carbocycles. The van der Waals surface area contributed by atoms with Crippen molar-refractivity contribution < 1.29 is 9.18 Å². The van der Waals surface area contributed by atoms with Crippen LogP contribution in [0, 0.1) is 5.82 Å². The first kappa shape index (κ1) is 11.0. The number of halogens is 1. The van der Waals surface area contributed by atoms with Crippen LogP contribution >= 0.6 is 0 Å². The molecule has 0 bridgehead atoms. The van der Waals surface area contributed by atoms with Gasteiger partial charge in [-0.2, -0.15) is 0 Å². The largest absolute Gasteiger partial charge is 0.312 e. The van der Waals surface area contributed by atoms with Gasteiger partial charge in [-0.3, -0.25) is 9.78 Å². The molecule has 92 valence electrons. The van der Waals surface area contributed by atoms with Gasteiger partial charge in [0.1, 0.15) is 5.82 Å². The Balaban J connectivity index is 1.85. The van der Waals surface area contributed by atoms with Crippen LogP contribution in [0.2, 0.25) is 0 Å². The lowest BCUT2D eigenvalue weighted by Crippen LogP contribution is -2.43. The minimum atomic E-state index is -0.545. The molecule has 0 unspecified atom stereocenters. The van der Waals surface area contributed by atoms with Gasteiger partial charge in [0.15, 0.2) is 5.69 Å².